The second kappa shape index (κ2) is 7.61. The van der Waals surface area contributed by atoms with Crippen molar-refractivity contribution >= 4 is 21.8 Å². The van der Waals surface area contributed by atoms with Gasteiger partial charge in [0.05, 0.1) is 11.1 Å². The third kappa shape index (κ3) is 4.19. The minimum atomic E-state index is -0.156. The van der Waals surface area contributed by atoms with E-state index in [0.717, 1.165) is 17.3 Å². The Morgan fingerprint density at radius 3 is 2.90 bits per heavy atom. The number of rotatable bonds is 5. The van der Waals surface area contributed by atoms with Gasteiger partial charge >= 0.3 is 0 Å². The molecule has 2 rings (SSSR count). The highest BCUT2D eigenvalue weighted by Crippen LogP contribution is 2.29. The molecule has 5 nitrogen and oxygen atoms in total. The molecule has 0 aliphatic carbocycles. The summed E-state index contributed by atoms with van der Waals surface area (Å²) in [7, 11) is 0. The Morgan fingerprint density at radius 2 is 2.20 bits per heavy atom. The zero-order valence-corrected chi connectivity index (χ0v) is 12.7. The molecule has 0 atom stereocenters. The molecule has 1 amide bonds. The molecule has 0 bridgehead atoms. The summed E-state index contributed by atoms with van der Waals surface area (Å²) in [6.45, 7) is 1.18. The van der Waals surface area contributed by atoms with Crippen LogP contribution in [-0.4, -0.2) is 36.9 Å². The molecule has 1 heterocycles. The summed E-state index contributed by atoms with van der Waals surface area (Å²) in [5.41, 5.74) is 0.651. The summed E-state index contributed by atoms with van der Waals surface area (Å²) < 4.78 is 11.5. The number of halogens is 1. The molecule has 0 aromatic heterocycles. The maximum atomic E-state index is 11.8. The quantitative estimate of drug-likeness (QED) is 0.852. The lowest BCUT2D eigenvalue weighted by molar-refractivity contribution is -0.124. The van der Waals surface area contributed by atoms with Crippen LogP contribution < -0.4 is 10.1 Å². The highest BCUT2D eigenvalue weighted by atomic mass is 79.9. The Bertz CT molecular complexity index is 460. The van der Waals surface area contributed by atoms with Crippen molar-refractivity contribution in [3.8, 4) is 5.75 Å². The highest BCUT2D eigenvalue weighted by molar-refractivity contribution is 9.10. The van der Waals surface area contributed by atoms with Gasteiger partial charge in [-0.05, 0) is 34.8 Å². The summed E-state index contributed by atoms with van der Waals surface area (Å²) in [5.74, 6) is 0.355. The lowest BCUT2D eigenvalue weighted by Crippen LogP contribution is -2.41. The molecule has 1 aromatic rings. The Morgan fingerprint density at radius 1 is 1.45 bits per heavy atom. The smallest absolute Gasteiger partial charge is 0.258 e. The fourth-order valence-corrected chi connectivity index (χ4v) is 2.61. The van der Waals surface area contributed by atoms with Gasteiger partial charge in [-0.15, -0.1) is 0 Å². The van der Waals surface area contributed by atoms with E-state index in [1.165, 1.54) is 0 Å². The van der Waals surface area contributed by atoms with Gasteiger partial charge in [0.2, 0.25) is 0 Å². The van der Waals surface area contributed by atoms with Crippen molar-refractivity contribution in [2.45, 2.75) is 25.5 Å². The van der Waals surface area contributed by atoms with Crippen molar-refractivity contribution in [2.75, 3.05) is 19.8 Å². The van der Waals surface area contributed by atoms with Crippen LogP contribution in [0.3, 0.4) is 0 Å². The molecule has 0 saturated carbocycles. The topological polar surface area (TPSA) is 67.8 Å². The highest BCUT2D eigenvalue weighted by Gasteiger charge is 2.17. The molecule has 1 aliphatic rings. The van der Waals surface area contributed by atoms with Crippen molar-refractivity contribution < 1.29 is 19.4 Å². The number of amides is 1. The van der Waals surface area contributed by atoms with E-state index >= 15 is 0 Å². The maximum absolute atomic E-state index is 11.8. The van der Waals surface area contributed by atoms with Gasteiger partial charge < -0.3 is 19.9 Å². The van der Waals surface area contributed by atoms with Crippen molar-refractivity contribution in [3.05, 3.63) is 28.2 Å². The van der Waals surface area contributed by atoms with Gasteiger partial charge in [-0.25, -0.2) is 0 Å². The van der Waals surface area contributed by atoms with E-state index in [1.54, 1.807) is 6.07 Å². The average molecular weight is 344 g/mol. The van der Waals surface area contributed by atoms with Crippen LogP contribution >= 0.6 is 15.9 Å². The first kappa shape index (κ1) is 15.3. The first-order valence-corrected chi connectivity index (χ1v) is 7.38. The van der Waals surface area contributed by atoms with Crippen LogP contribution in [0, 0.1) is 0 Å². The predicted molar refractivity (Wildman–Crippen MR) is 77.5 cm³/mol. The van der Waals surface area contributed by atoms with E-state index < -0.39 is 0 Å². The van der Waals surface area contributed by atoms with E-state index in [4.69, 9.17) is 9.47 Å². The monoisotopic (exact) mass is 343 g/mol. The number of ether oxygens (including phenoxy) is 2. The Balaban J connectivity index is 1.86. The normalized spacial score (nSPS) is 15.9. The molecular formula is C14H18BrNO4. The minimum absolute atomic E-state index is 0.0625. The molecule has 6 heteroatoms. The predicted octanol–water partition coefficient (Wildman–Crippen LogP) is 1.62. The van der Waals surface area contributed by atoms with Gasteiger partial charge in [-0.3, -0.25) is 4.79 Å². The zero-order valence-electron chi connectivity index (χ0n) is 11.1. The van der Waals surface area contributed by atoms with Crippen LogP contribution in [0.2, 0.25) is 0 Å². The van der Waals surface area contributed by atoms with Crippen molar-refractivity contribution in [1.29, 1.82) is 0 Å². The van der Waals surface area contributed by atoms with Crippen LogP contribution in [0.5, 0.6) is 5.75 Å². The second-order valence-corrected chi connectivity index (χ2v) is 5.48. The van der Waals surface area contributed by atoms with Gasteiger partial charge in [0, 0.05) is 24.8 Å². The fourth-order valence-electron chi connectivity index (χ4n) is 2.09. The first-order chi connectivity index (χ1) is 9.70. The average Bonchev–Trinajstić information content (AvgIpc) is 2.46. The van der Waals surface area contributed by atoms with Crippen molar-refractivity contribution in [1.82, 2.24) is 5.32 Å². The summed E-state index contributed by atoms with van der Waals surface area (Å²) >= 11 is 3.35. The van der Waals surface area contributed by atoms with Crippen LogP contribution in [0.1, 0.15) is 18.4 Å². The molecule has 0 unspecified atom stereocenters. The van der Waals surface area contributed by atoms with E-state index in [9.17, 15) is 9.90 Å². The second-order valence-electron chi connectivity index (χ2n) is 4.63. The number of hydrogen-bond acceptors (Lipinski definition) is 4. The molecule has 0 radical (unpaired) electrons. The first-order valence-electron chi connectivity index (χ1n) is 6.59. The molecule has 1 fully saturated rings. The lowest BCUT2D eigenvalue weighted by Gasteiger charge is -2.23. The van der Waals surface area contributed by atoms with Crippen LogP contribution in [0.4, 0.5) is 0 Å². The van der Waals surface area contributed by atoms with E-state index in [-0.39, 0.29) is 25.2 Å². The summed E-state index contributed by atoms with van der Waals surface area (Å²) in [5, 5.41) is 12.2. The van der Waals surface area contributed by atoms with E-state index in [2.05, 4.69) is 21.2 Å². The number of aliphatic hydroxyl groups is 1. The third-order valence-corrected chi connectivity index (χ3v) is 3.78. The molecule has 1 aromatic carbocycles. The number of carbonyl (C=O) groups is 1. The van der Waals surface area contributed by atoms with Crippen LogP contribution in [0.15, 0.2) is 22.7 Å². The Kier molecular flexibility index (Phi) is 5.82. The number of nitrogens with one attached hydrogen (secondary N) is 1. The molecular weight excluding hydrogens is 326 g/mol. The zero-order chi connectivity index (χ0) is 14.4. The third-order valence-electron chi connectivity index (χ3n) is 3.15. The van der Waals surface area contributed by atoms with E-state index in [1.807, 2.05) is 12.1 Å². The molecule has 1 aliphatic heterocycles. The fraction of sp³-hybridized carbons (Fsp3) is 0.500. The Labute approximate surface area is 126 Å². The minimum Gasteiger partial charge on any atom is -0.482 e. The van der Waals surface area contributed by atoms with Crippen molar-refractivity contribution in [2.24, 2.45) is 0 Å². The van der Waals surface area contributed by atoms with Gasteiger partial charge in [-0.2, -0.15) is 0 Å². The van der Waals surface area contributed by atoms with Gasteiger partial charge in [0.25, 0.3) is 5.91 Å². The number of benzene rings is 1. The number of aliphatic hydroxyl groups excluding tert-OH is 1. The standard InChI is InChI=1S/C14H18BrNO4/c15-12-3-1-2-10(8-17)14(12)20-9-13(18)16-11-4-6-19-7-5-11/h1-3,11,17H,4-9H2,(H,16,18). The van der Waals surface area contributed by atoms with Crippen LogP contribution in [0.25, 0.3) is 0 Å². The number of hydrogen-bond donors (Lipinski definition) is 2. The summed E-state index contributed by atoms with van der Waals surface area (Å²) in [4.78, 5) is 11.8. The van der Waals surface area contributed by atoms with Gasteiger partial charge in [-0.1, -0.05) is 12.1 Å². The molecule has 20 heavy (non-hydrogen) atoms. The van der Waals surface area contributed by atoms with Gasteiger partial charge in [0.1, 0.15) is 5.75 Å². The molecule has 1 saturated heterocycles. The molecule has 2 N–H and O–H groups in total. The lowest BCUT2D eigenvalue weighted by atomic mass is 10.1. The van der Waals surface area contributed by atoms with E-state index in [0.29, 0.717) is 24.5 Å². The van der Waals surface area contributed by atoms with Crippen LogP contribution in [-0.2, 0) is 16.1 Å². The molecule has 110 valence electrons. The van der Waals surface area contributed by atoms with Gasteiger partial charge in [0.15, 0.2) is 6.61 Å². The number of carbonyl (C=O) groups excluding carboxylic acids is 1. The van der Waals surface area contributed by atoms with Crippen molar-refractivity contribution in [3.63, 3.8) is 0 Å². The summed E-state index contributed by atoms with van der Waals surface area (Å²) in [6.07, 6.45) is 1.67. The Hall–Kier alpha value is -1.11. The number of para-hydroxylation sites is 1. The maximum Gasteiger partial charge on any atom is 0.258 e. The largest absolute Gasteiger partial charge is 0.482 e. The molecule has 0 spiro atoms. The summed E-state index contributed by atoms with van der Waals surface area (Å²) in [6, 6.07) is 5.54. The SMILES string of the molecule is O=C(COc1c(Br)cccc1CO)NC1CCOCC1.